The van der Waals surface area contributed by atoms with E-state index in [1.54, 1.807) is 12.5 Å². The standard InChI is InChI=1S/C32H35N3O2/c1-2-3-8-24-13-15-26(16-14-24)27-17-19-28(20-18-27)35-23-33-21-30(35)32(36)34-29-11-7-12-31(29)37-22-25-9-5-4-6-10-25/h4-6,9-10,13-21,23,29,31H,2-3,7-8,11-12,22H2,1H3,(H,34,36)/t29?,31-/m1/s1. The molecule has 1 aliphatic carbocycles. The molecule has 37 heavy (non-hydrogen) atoms. The van der Waals surface area contributed by atoms with Gasteiger partial charge in [-0.15, -0.1) is 0 Å². The molecule has 4 aromatic rings. The molecule has 1 N–H and O–H groups in total. The van der Waals surface area contributed by atoms with Gasteiger partial charge < -0.3 is 10.1 Å². The zero-order valence-electron chi connectivity index (χ0n) is 21.5. The van der Waals surface area contributed by atoms with E-state index in [2.05, 4.69) is 65.8 Å². The number of rotatable bonds is 10. The fourth-order valence-corrected chi connectivity index (χ4v) is 5.04. The summed E-state index contributed by atoms with van der Waals surface area (Å²) < 4.78 is 8.03. The Balaban J connectivity index is 1.23. The third-order valence-corrected chi connectivity index (χ3v) is 7.20. The first-order valence-corrected chi connectivity index (χ1v) is 13.4. The number of nitrogens with one attached hydrogen (secondary N) is 1. The van der Waals surface area contributed by atoms with E-state index in [-0.39, 0.29) is 18.1 Å². The van der Waals surface area contributed by atoms with Gasteiger partial charge in [0.2, 0.25) is 0 Å². The summed E-state index contributed by atoms with van der Waals surface area (Å²) in [5.74, 6) is -0.121. The first-order valence-electron chi connectivity index (χ1n) is 13.4. The van der Waals surface area contributed by atoms with Crippen LogP contribution in [-0.4, -0.2) is 27.6 Å². The van der Waals surface area contributed by atoms with Gasteiger partial charge in [-0.25, -0.2) is 4.98 Å². The average molecular weight is 494 g/mol. The summed E-state index contributed by atoms with van der Waals surface area (Å²) in [5, 5.41) is 3.21. The van der Waals surface area contributed by atoms with Crippen LogP contribution in [0.1, 0.15) is 60.6 Å². The number of nitrogens with zero attached hydrogens (tertiary/aromatic N) is 2. The quantitative estimate of drug-likeness (QED) is 0.266. The summed E-state index contributed by atoms with van der Waals surface area (Å²) in [6.45, 7) is 2.78. The van der Waals surface area contributed by atoms with Crippen LogP contribution in [0.2, 0.25) is 0 Å². The Labute approximate surface area is 219 Å². The SMILES string of the molecule is CCCCc1ccc(-c2ccc(-n3cncc3C(=O)NC3CCC[C@H]3OCc3ccccc3)cc2)cc1. The lowest BCUT2D eigenvalue weighted by atomic mass is 10.0. The van der Waals surface area contributed by atoms with Crippen LogP contribution in [0, 0.1) is 0 Å². The van der Waals surface area contributed by atoms with Gasteiger partial charge in [0.1, 0.15) is 5.69 Å². The second-order valence-electron chi connectivity index (χ2n) is 9.84. The molecule has 0 bridgehead atoms. The van der Waals surface area contributed by atoms with Crippen molar-refractivity contribution in [3.05, 3.63) is 108 Å². The minimum absolute atomic E-state index is 0.00207. The lowest BCUT2D eigenvalue weighted by Gasteiger charge is -2.22. The van der Waals surface area contributed by atoms with E-state index < -0.39 is 0 Å². The predicted octanol–water partition coefficient (Wildman–Crippen LogP) is 6.75. The molecule has 1 fully saturated rings. The Morgan fingerprint density at radius 3 is 2.41 bits per heavy atom. The number of benzene rings is 3. The molecule has 190 valence electrons. The fourth-order valence-electron chi connectivity index (χ4n) is 5.04. The molecule has 2 atom stereocenters. The van der Waals surface area contributed by atoms with Crippen molar-refractivity contribution in [1.29, 1.82) is 0 Å². The summed E-state index contributed by atoms with van der Waals surface area (Å²) in [6.07, 6.45) is 9.83. The third kappa shape index (κ3) is 6.17. The molecule has 0 radical (unpaired) electrons. The molecule has 0 spiro atoms. The summed E-state index contributed by atoms with van der Waals surface area (Å²) in [5.41, 5.74) is 6.31. The van der Waals surface area contributed by atoms with Crippen molar-refractivity contribution in [1.82, 2.24) is 14.9 Å². The molecular formula is C32H35N3O2. The van der Waals surface area contributed by atoms with Gasteiger partial charge in [0.25, 0.3) is 5.91 Å². The lowest BCUT2D eigenvalue weighted by Crippen LogP contribution is -2.41. The highest BCUT2D eigenvalue weighted by atomic mass is 16.5. The number of aryl methyl sites for hydroxylation is 1. The number of ether oxygens (including phenoxy) is 1. The molecule has 1 aromatic heterocycles. The van der Waals surface area contributed by atoms with Crippen molar-refractivity contribution in [3.8, 4) is 16.8 Å². The van der Waals surface area contributed by atoms with E-state index >= 15 is 0 Å². The normalized spacial score (nSPS) is 17.1. The van der Waals surface area contributed by atoms with Gasteiger partial charge in [-0.1, -0.05) is 80.1 Å². The molecule has 1 saturated carbocycles. The van der Waals surface area contributed by atoms with Crippen LogP contribution in [-0.2, 0) is 17.8 Å². The monoisotopic (exact) mass is 493 g/mol. The number of hydrogen-bond acceptors (Lipinski definition) is 3. The van der Waals surface area contributed by atoms with Gasteiger partial charge in [-0.2, -0.15) is 0 Å². The second kappa shape index (κ2) is 12.0. The van der Waals surface area contributed by atoms with E-state index in [9.17, 15) is 4.79 Å². The van der Waals surface area contributed by atoms with Crippen LogP contribution < -0.4 is 5.32 Å². The molecule has 1 amide bonds. The van der Waals surface area contributed by atoms with Gasteiger partial charge in [0, 0.05) is 5.69 Å². The minimum Gasteiger partial charge on any atom is -0.371 e. The molecule has 5 rings (SSSR count). The number of amides is 1. The van der Waals surface area contributed by atoms with Gasteiger partial charge >= 0.3 is 0 Å². The van der Waals surface area contributed by atoms with E-state index in [4.69, 9.17) is 4.74 Å². The number of carbonyl (C=O) groups is 1. The van der Waals surface area contributed by atoms with Gasteiger partial charge in [0.05, 0.1) is 31.3 Å². The van der Waals surface area contributed by atoms with Crippen LogP contribution in [0.4, 0.5) is 0 Å². The fraction of sp³-hybridized carbons (Fsp3) is 0.312. The Morgan fingerprint density at radius 2 is 1.68 bits per heavy atom. The van der Waals surface area contributed by atoms with Crippen LogP contribution >= 0.6 is 0 Å². The Bertz CT molecular complexity index is 1280. The molecular weight excluding hydrogens is 458 g/mol. The largest absolute Gasteiger partial charge is 0.371 e. The maximum atomic E-state index is 13.2. The number of hydrogen-bond donors (Lipinski definition) is 1. The number of aromatic nitrogens is 2. The van der Waals surface area contributed by atoms with Crippen molar-refractivity contribution in [2.75, 3.05) is 0 Å². The summed E-state index contributed by atoms with van der Waals surface area (Å²) >= 11 is 0. The zero-order chi connectivity index (χ0) is 25.5. The van der Waals surface area contributed by atoms with Crippen molar-refractivity contribution < 1.29 is 9.53 Å². The van der Waals surface area contributed by atoms with Crippen LogP contribution in [0.3, 0.4) is 0 Å². The highest BCUT2D eigenvalue weighted by Crippen LogP contribution is 2.25. The third-order valence-electron chi connectivity index (χ3n) is 7.20. The number of unbranched alkanes of at least 4 members (excludes halogenated alkanes) is 1. The maximum Gasteiger partial charge on any atom is 0.270 e. The van der Waals surface area contributed by atoms with Crippen LogP contribution in [0.15, 0.2) is 91.4 Å². The topological polar surface area (TPSA) is 56.2 Å². The molecule has 1 aliphatic rings. The van der Waals surface area contributed by atoms with Gasteiger partial charge in [0.15, 0.2) is 0 Å². The highest BCUT2D eigenvalue weighted by Gasteiger charge is 2.30. The summed E-state index contributed by atoms with van der Waals surface area (Å²) in [4.78, 5) is 17.5. The molecule has 0 saturated heterocycles. The lowest BCUT2D eigenvalue weighted by molar-refractivity contribution is 0.0271. The second-order valence-corrected chi connectivity index (χ2v) is 9.84. The van der Waals surface area contributed by atoms with Crippen LogP contribution in [0.25, 0.3) is 16.8 Å². The Kier molecular flexibility index (Phi) is 8.11. The van der Waals surface area contributed by atoms with Crippen molar-refractivity contribution in [3.63, 3.8) is 0 Å². The summed E-state index contributed by atoms with van der Waals surface area (Å²) in [6, 6.07) is 27.3. The zero-order valence-corrected chi connectivity index (χ0v) is 21.5. The smallest absolute Gasteiger partial charge is 0.270 e. The molecule has 3 aromatic carbocycles. The average Bonchev–Trinajstić information content (AvgIpc) is 3.62. The summed E-state index contributed by atoms with van der Waals surface area (Å²) in [7, 11) is 0. The Morgan fingerprint density at radius 1 is 0.946 bits per heavy atom. The maximum absolute atomic E-state index is 13.2. The van der Waals surface area contributed by atoms with Crippen LogP contribution in [0.5, 0.6) is 0 Å². The first kappa shape index (κ1) is 25.0. The van der Waals surface area contributed by atoms with Crippen molar-refractivity contribution in [2.45, 2.75) is 64.2 Å². The van der Waals surface area contributed by atoms with Crippen molar-refractivity contribution >= 4 is 5.91 Å². The number of carbonyl (C=O) groups excluding carboxylic acids is 1. The van der Waals surface area contributed by atoms with E-state index in [1.807, 2.05) is 34.9 Å². The van der Waals surface area contributed by atoms with Crippen molar-refractivity contribution in [2.24, 2.45) is 0 Å². The highest BCUT2D eigenvalue weighted by molar-refractivity contribution is 5.93. The van der Waals surface area contributed by atoms with E-state index in [0.717, 1.165) is 42.5 Å². The predicted molar refractivity (Wildman–Crippen MR) is 148 cm³/mol. The molecule has 5 nitrogen and oxygen atoms in total. The molecule has 0 aliphatic heterocycles. The Hall–Kier alpha value is -3.70. The molecule has 1 unspecified atom stereocenters. The van der Waals surface area contributed by atoms with Gasteiger partial charge in [-0.05, 0) is 66.5 Å². The molecule has 5 heteroatoms. The number of imidazole rings is 1. The first-order chi connectivity index (χ1) is 18.2. The molecule has 1 heterocycles. The van der Waals surface area contributed by atoms with E-state index in [0.29, 0.717) is 12.3 Å². The minimum atomic E-state index is -0.121. The van der Waals surface area contributed by atoms with Gasteiger partial charge in [-0.3, -0.25) is 9.36 Å². The van der Waals surface area contributed by atoms with E-state index in [1.165, 1.54) is 24.0 Å².